The van der Waals surface area contributed by atoms with Gasteiger partial charge in [-0.2, -0.15) is 0 Å². The van der Waals surface area contributed by atoms with Crippen LogP contribution in [0.2, 0.25) is 0 Å². The number of ether oxygens (including phenoxy) is 2. The normalized spacial score (nSPS) is 14.2. The van der Waals surface area contributed by atoms with E-state index in [9.17, 15) is 14.4 Å². The molecule has 33 heavy (non-hydrogen) atoms. The summed E-state index contributed by atoms with van der Waals surface area (Å²) in [6.45, 7) is 2.19. The Bertz CT molecular complexity index is 1120. The van der Waals surface area contributed by atoms with E-state index < -0.39 is 0 Å². The number of hydrogen-bond donors (Lipinski definition) is 1. The van der Waals surface area contributed by atoms with Crippen LogP contribution < -0.4 is 5.32 Å². The van der Waals surface area contributed by atoms with E-state index in [1.165, 1.54) is 25.9 Å². The average molecular weight is 446 g/mol. The van der Waals surface area contributed by atoms with Gasteiger partial charge in [0.1, 0.15) is 0 Å². The van der Waals surface area contributed by atoms with Gasteiger partial charge in [-0.25, -0.2) is 0 Å². The Kier molecular flexibility index (Phi) is 7.97. The maximum absolute atomic E-state index is 12.8. The highest BCUT2D eigenvalue weighted by atomic mass is 16.5. The SMILES string of the molecule is COC1=C(OC)C(=O)C(Cc2ccc(C=CC(=O)NCCc3ccccc3)cc2)=C(C)C1=O. The number of ketones is 2. The van der Waals surface area contributed by atoms with Gasteiger partial charge in [0, 0.05) is 30.2 Å². The van der Waals surface area contributed by atoms with E-state index in [4.69, 9.17) is 9.47 Å². The van der Waals surface area contributed by atoms with Crippen LogP contribution in [0.4, 0.5) is 0 Å². The van der Waals surface area contributed by atoms with Crippen molar-refractivity contribution in [2.24, 2.45) is 0 Å². The Morgan fingerprint density at radius 1 is 0.879 bits per heavy atom. The zero-order valence-corrected chi connectivity index (χ0v) is 19.0. The molecule has 0 radical (unpaired) electrons. The minimum atomic E-state index is -0.346. The number of allylic oxidation sites excluding steroid dienone is 2. The topological polar surface area (TPSA) is 81.7 Å². The summed E-state index contributed by atoms with van der Waals surface area (Å²) in [6.07, 6.45) is 4.30. The third kappa shape index (κ3) is 5.86. The summed E-state index contributed by atoms with van der Waals surface area (Å²) in [5.74, 6) is -0.980. The fourth-order valence-electron chi connectivity index (χ4n) is 3.56. The van der Waals surface area contributed by atoms with Gasteiger partial charge in [0.05, 0.1) is 14.2 Å². The van der Waals surface area contributed by atoms with Crippen LogP contribution in [0.3, 0.4) is 0 Å². The van der Waals surface area contributed by atoms with Crippen LogP contribution in [0.1, 0.15) is 23.6 Å². The first-order valence-electron chi connectivity index (χ1n) is 10.6. The predicted octanol–water partition coefficient (Wildman–Crippen LogP) is 3.57. The summed E-state index contributed by atoms with van der Waals surface area (Å²) < 4.78 is 10.2. The quantitative estimate of drug-likeness (QED) is 0.471. The molecule has 1 N–H and O–H groups in total. The van der Waals surface area contributed by atoms with E-state index in [-0.39, 0.29) is 29.0 Å². The number of methoxy groups -OCH3 is 2. The molecule has 6 nitrogen and oxygen atoms in total. The molecule has 0 saturated carbocycles. The van der Waals surface area contributed by atoms with E-state index in [1.54, 1.807) is 13.0 Å². The van der Waals surface area contributed by atoms with Crippen molar-refractivity contribution in [1.82, 2.24) is 5.32 Å². The van der Waals surface area contributed by atoms with Crippen LogP contribution in [0, 0.1) is 0 Å². The molecule has 170 valence electrons. The molecular formula is C27H27NO5. The molecule has 2 aromatic carbocycles. The fraction of sp³-hybridized carbons (Fsp3) is 0.222. The lowest BCUT2D eigenvalue weighted by Crippen LogP contribution is -2.26. The van der Waals surface area contributed by atoms with Crippen molar-refractivity contribution in [2.45, 2.75) is 19.8 Å². The third-order valence-corrected chi connectivity index (χ3v) is 5.44. The van der Waals surface area contributed by atoms with E-state index in [0.717, 1.165) is 17.5 Å². The molecule has 0 bridgehead atoms. The van der Waals surface area contributed by atoms with Crippen molar-refractivity contribution in [3.63, 3.8) is 0 Å². The Balaban J connectivity index is 1.59. The number of carbonyl (C=O) groups excluding carboxylic acids is 3. The Hall–Kier alpha value is -3.93. The first kappa shape index (κ1) is 23.7. The summed E-state index contributed by atoms with van der Waals surface area (Å²) in [7, 11) is 2.68. The van der Waals surface area contributed by atoms with Crippen molar-refractivity contribution in [3.05, 3.63) is 100 Å². The molecule has 0 saturated heterocycles. The molecular weight excluding hydrogens is 418 g/mol. The van der Waals surface area contributed by atoms with Crippen LogP contribution >= 0.6 is 0 Å². The zero-order valence-electron chi connectivity index (χ0n) is 19.0. The molecule has 0 aromatic heterocycles. The van der Waals surface area contributed by atoms with Gasteiger partial charge in [-0.15, -0.1) is 0 Å². The second-order valence-corrected chi connectivity index (χ2v) is 7.61. The maximum atomic E-state index is 12.8. The molecule has 0 heterocycles. The van der Waals surface area contributed by atoms with Gasteiger partial charge in [-0.3, -0.25) is 14.4 Å². The summed E-state index contributed by atoms with van der Waals surface area (Å²) >= 11 is 0. The van der Waals surface area contributed by atoms with E-state index >= 15 is 0 Å². The van der Waals surface area contributed by atoms with Gasteiger partial charge < -0.3 is 14.8 Å². The van der Waals surface area contributed by atoms with Gasteiger partial charge in [-0.05, 0) is 36.1 Å². The largest absolute Gasteiger partial charge is 0.489 e. The van der Waals surface area contributed by atoms with Crippen LogP contribution in [-0.2, 0) is 36.7 Å². The Morgan fingerprint density at radius 3 is 2.15 bits per heavy atom. The highest BCUT2D eigenvalue weighted by molar-refractivity contribution is 6.23. The number of benzene rings is 2. The van der Waals surface area contributed by atoms with Gasteiger partial charge in [0.15, 0.2) is 0 Å². The summed E-state index contributed by atoms with van der Waals surface area (Å²) in [6, 6.07) is 17.4. The molecule has 2 aromatic rings. The molecule has 1 amide bonds. The highest BCUT2D eigenvalue weighted by Crippen LogP contribution is 2.28. The zero-order chi connectivity index (χ0) is 23.8. The molecule has 6 heteroatoms. The average Bonchev–Trinajstić information content (AvgIpc) is 2.84. The van der Waals surface area contributed by atoms with Gasteiger partial charge in [0.25, 0.3) is 0 Å². The highest BCUT2D eigenvalue weighted by Gasteiger charge is 2.34. The number of rotatable bonds is 9. The first-order chi connectivity index (χ1) is 15.9. The minimum Gasteiger partial charge on any atom is -0.489 e. The van der Waals surface area contributed by atoms with E-state index in [2.05, 4.69) is 5.32 Å². The van der Waals surface area contributed by atoms with Gasteiger partial charge in [0.2, 0.25) is 29.0 Å². The molecule has 3 rings (SSSR count). The first-order valence-corrected chi connectivity index (χ1v) is 10.6. The van der Waals surface area contributed by atoms with Crippen LogP contribution in [-0.4, -0.2) is 38.2 Å². The van der Waals surface area contributed by atoms with Crippen molar-refractivity contribution in [2.75, 3.05) is 20.8 Å². The molecule has 0 spiro atoms. The van der Waals surface area contributed by atoms with E-state index in [1.807, 2.05) is 54.6 Å². The second-order valence-electron chi connectivity index (χ2n) is 7.61. The number of nitrogens with one attached hydrogen (secondary N) is 1. The second kappa shape index (κ2) is 11.1. The lowest BCUT2D eigenvalue weighted by atomic mass is 9.89. The summed E-state index contributed by atoms with van der Waals surface area (Å²) in [5, 5.41) is 2.87. The Morgan fingerprint density at radius 2 is 1.52 bits per heavy atom. The van der Waals surface area contributed by atoms with Crippen LogP contribution in [0.25, 0.3) is 6.08 Å². The standard InChI is InChI=1S/C27H27NO5/c1-18-22(25(31)27(33-3)26(32-2)24(18)30)17-21-11-9-20(10-12-21)13-14-23(29)28-16-15-19-7-5-4-6-8-19/h4-14H,15-17H2,1-3H3,(H,28,29). The Labute approximate surface area is 193 Å². The monoisotopic (exact) mass is 445 g/mol. The number of carbonyl (C=O) groups is 3. The van der Waals surface area contributed by atoms with Crippen molar-refractivity contribution < 1.29 is 23.9 Å². The number of Topliss-reactive ketones (excluding diaryl/α,β-unsaturated/α-hetero) is 2. The molecule has 0 atom stereocenters. The van der Waals surface area contributed by atoms with Crippen molar-refractivity contribution >= 4 is 23.5 Å². The van der Waals surface area contributed by atoms with Gasteiger partial charge >= 0.3 is 0 Å². The molecule has 1 aliphatic rings. The third-order valence-electron chi connectivity index (χ3n) is 5.44. The summed E-state index contributed by atoms with van der Waals surface area (Å²) in [4.78, 5) is 37.3. The van der Waals surface area contributed by atoms with Crippen molar-refractivity contribution in [1.29, 1.82) is 0 Å². The van der Waals surface area contributed by atoms with Gasteiger partial charge in [-0.1, -0.05) is 54.6 Å². The lowest BCUT2D eigenvalue weighted by molar-refractivity contribution is -0.121. The molecule has 0 unspecified atom stereocenters. The summed E-state index contributed by atoms with van der Waals surface area (Å²) in [5.41, 5.74) is 3.64. The lowest BCUT2D eigenvalue weighted by Gasteiger charge is -2.20. The molecule has 0 fully saturated rings. The predicted molar refractivity (Wildman–Crippen MR) is 126 cm³/mol. The van der Waals surface area contributed by atoms with Crippen LogP contribution in [0.15, 0.2) is 83.3 Å². The maximum Gasteiger partial charge on any atom is 0.244 e. The number of hydrogen-bond acceptors (Lipinski definition) is 5. The minimum absolute atomic E-state index is 0.0636. The number of amides is 1. The fourth-order valence-corrected chi connectivity index (χ4v) is 3.56. The van der Waals surface area contributed by atoms with E-state index in [0.29, 0.717) is 24.1 Å². The van der Waals surface area contributed by atoms with Crippen molar-refractivity contribution in [3.8, 4) is 0 Å². The molecule has 0 aliphatic heterocycles. The molecule has 1 aliphatic carbocycles. The van der Waals surface area contributed by atoms with Crippen LogP contribution in [0.5, 0.6) is 0 Å². The smallest absolute Gasteiger partial charge is 0.244 e.